The molecule has 1 heterocycles. The predicted octanol–water partition coefficient (Wildman–Crippen LogP) is 0.184. The van der Waals surface area contributed by atoms with Crippen molar-refractivity contribution in [2.75, 3.05) is 13.2 Å². The molecule has 1 aliphatic rings. The zero-order valence-electron chi connectivity index (χ0n) is 9.53. The molecule has 0 radical (unpaired) electrons. The van der Waals surface area contributed by atoms with Crippen LogP contribution < -0.4 is 10.6 Å². The molecule has 0 aromatic rings. The van der Waals surface area contributed by atoms with Crippen LogP contribution in [0, 0.1) is 5.92 Å². The zero-order chi connectivity index (χ0) is 12.1. The lowest BCUT2D eigenvalue weighted by molar-refractivity contribution is -0.140. The quantitative estimate of drug-likeness (QED) is 0.643. The van der Waals surface area contributed by atoms with E-state index in [1.54, 1.807) is 13.8 Å². The summed E-state index contributed by atoms with van der Waals surface area (Å²) in [4.78, 5) is 22.3. The standard InChI is InChI=1S/C10H18N2O4/c1-6(2)8(9(13)14)12-10(15)11-7-3-4-16-5-7/h6-8H,3-5H2,1-2H3,(H,13,14)(H2,11,12,15)/t7?,8-/m1/s1. The fourth-order valence-electron chi connectivity index (χ4n) is 1.53. The fraction of sp³-hybridized carbons (Fsp3) is 0.800. The van der Waals surface area contributed by atoms with Crippen LogP contribution in [0.1, 0.15) is 20.3 Å². The highest BCUT2D eigenvalue weighted by atomic mass is 16.5. The number of hydrogen-bond acceptors (Lipinski definition) is 3. The maximum absolute atomic E-state index is 11.5. The van der Waals surface area contributed by atoms with Gasteiger partial charge < -0.3 is 20.5 Å². The van der Waals surface area contributed by atoms with Crippen LogP contribution in [0.2, 0.25) is 0 Å². The summed E-state index contributed by atoms with van der Waals surface area (Å²) in [5.41, 5.74) is 0. The number of carboxylic acid groups (broad SMARTS) is 1. The second kappa shape index (κ2) is 5.69. The van der Waals surface area contributed by atoms with Gasteiger partial charge in [-0.1, -0.05) is 13.8 Å². The average molecular weight is 230 g/mol. The summed E-state index contributed by atoms with van der Waals surface area (Å²) in [5.74, 6) is -1.17. The summed E-state index contributed by atoms with van der Waals surface area (Å²) in [6, 6.07) is -1.32. The highest BCUT2D eigenvalue weighted by Crippen LogP contribution is 2.04. The van der Waals surface area contributed by atoms with E-state index in [1.807, 2.05) is 0 Å². The molecule has 6 heteroatoms. The van der Waals surface area contributed by atoms with E-state index in [4.69, 9.17) is 9.84 Å². The molecule has 1 fully saturated rings. The van der Waals surface area contributed by atoms with Gasteiger partial charge in [-0.15, -0.1) is 0 Å². The maximum atomic E-state index is 11.5. The Morgan fingerprint density at radius 1 is 1.44 bits per heavy atom. The summed E-state index contributed by atoms with van der Waals surface area (Å²) >= 11 is 0. The number of nitrogens with one attached hydrogen (secondary N) is 2. The average Bonchev–Trinajstić information content (AvgIpc) is 2.65. The van der Waals surface area contributed by atoms with Crippen molar-refractivity contribution in [3.8, 4) is 0 Å². The molecule has 1 aliphatic heterocycles. The second-order valence-electron chi connectivity index (χ2n) is 4.24. The third-order valence-electron chi connectivity index (χ3n) is 2.48. The van der Waals surface area contributed by atoms with Gasteiger partial charge in [0.15, 0.2) is 0 Å². The topological polar surface area (TPSA) is 87.7 Å². The Balaban J connectivity index is 2.38. The monoisotopic (exact) mass is 230 g/mol. The van der Waals surface area contributed by atoms with Gasteiger partial charge in [-0.25, -0.2) is 9.59 Å². The maximum Gasteiger partial charge on any atom is 0.326 e. The summed E-state index contributed by atoms with van der Waals surface area (Å²) in [6.45, 7) is 4.62. The number of carbonyl (C=O) groups excluding carboxylic acids is 1. The Kier molecular flexibility index (Phi) is 4.54. The van der Waals surface area contributed by atoms with Crippen molar-refractivity contribution in [1.29, 1.82) is 0 Å². The normalized spacial score (nSPS) is 21.8. The first-order valence-electron chi connectivity index (χ1n) is 5.38. The van der Waals surface area contributed by atoms with Crippen LogP contribution in [0.5, 0.6) is 0 Å². The molecule has 0 spiro atoms. The molecule has 16 heavy (non-hydrogen) atoms. The van der Waals surface area contributed by atoms with Gasteiger partial charge in [-0.2, -0.15) is 0 Å². The minimum Gasteiger partial charge on any atom is -0.480 e. The summed E-state index contributed by atoms with van der Waals surface area (Å²) in [6.07, 6.45) is 0.771. The minimum absolute atomic E-state index is 0.0124. The smallest absolute Gasteiger partial charge is 0.326 e. The van der Waals surface area contributed by atoms with Crippen molar-refractivity contribution in [1.82, 2.24) is 10.6 Å². The van der Waals surface area contributed by atoms with Crippen molar-refractivity contribution in [2.45, 2.75) is 32.4 Å². The lowest BCUT2D eigenvalue weighted by Gasteiger charge is -2.19. The predicted molar refractivity (Wildman–Crippen MR) is 57.2 cm³/mol. The Bertz CT molecular complexity index is 262. The molecule has 1 rings (SSSR count). The Morgan fingerprint density at radius 3 is 2.56 bits per heavy atom. The number of aliphatic carboxylic acids is 1. The van der Waals surface area contributed by atoms with Crippen molar-refractivity contribution < 1.29 is 19.4 Å². The van der Waals surface area contributed by atoms with Crippen LogP contribution in [-0.4, -0.2) is 42.4 Å². The van der Waals surface area contributed by atoms with Crippen molar-refractivity contribution in [3.05, 3.63) is 0 Å². The zero-order valence-corrected chi connectivity index (χ0v) is 9.53. The van der Waals surface area contributed by atoms with Crippen molar-refractivity contribution in [2.24, 2.45) is 5.92 Å². The minimum atomic E-state index is -1.02. The van der Waals surface area contributed by atoms with E-state index >= 15 is 0 Å². The first kappa shape index (κ1) is 12.8. The molecular weight excluding hydrogens is 212 g/mol. The van der Waals surface area contributed by atoms with E-state index in [1.165, 1.54) is 0 Å². The fourth-order valence-corrected chi connectivity index (χ4v) is 1.53. The van der Waals surface area contributed by atoms with Gasteiger partial charge in [-0.05, 0) is 12.3 Å². The Labute approximate surface area is 94.3 Å². The third kappa shape index (κ3) is 3.69. The number of carbonyl (C=O) groups is 2. The van der Waals surface area contributed by atoms with E-state index in [-0.39, 0.29) is 12.0 Å². The summed E-state index contributed by atoms with van der Waals surface area (Å²) < 4.78 is 5.10. The van der Waals surface area contributed by atoms with Crippen LogP contribution in [0.15, 0.2) is 0 Å². The summed E-state index contributed by atoms with van der Waals surface area (Å²) in [5, 5.41) is 14.0. The number of amides is 2. The van der Waals surface area contributed by atoms with Gasteiger partial charge in [-0.3, -0.25) is 0 Å². The van der Waals surface area contributed by atoms with Gasteiger partial charge >= 0.3 is 12.0 Å². The molecule has 0 saturated carbocycles. The van der Waals surface area contributed by atoms with E-state index in [2.05, 4.69) is 10.6 Å². The largest absolute Gasteiger partial charge is 0.480 e. The van der Waals surface area contributed by atoms with Gasteiger partial charge in [0.2, 0.25) is 0 Å². The van der Waals surface area contributed by atoms with E-state index in [0.29, 0.717) is 13.2 Å². The number of carboxylic acids is 1. The van der Waals surface area contributed by atoms with E-state index < -0.39 is 18.0 Å². The van der Waals surface area contributed by atoms with Crippen molar-refractivity contribution >= 4 is 12.0 Å². The molecule has 0 aromatic heterocycles. The van der Waals surface area contributed by atoms with Crippen LogP contribution in [0.3, 0.4) is 0 Å². The molecule has 0 aromatic carbocycles. The van der Waals surface area contributed by atoms with Crippen LogP contribution in [0.4, 0.5) is 4.79 Å². The Hall–Kier alpha value is -1.30. The highest BCUT2D eigenvalue weighted by molar-refractivity contribution is 5.82. The molecule has 0 aliphatic carbocycles. The molecule has 2 amide bonds. The van der Waals surface area contributed by atoms with Crippen molar-refractivity contribution in [3.63, 3.8) is 0 Å². The van der Waals surface area contributed by atoms with Gasteiger partial charge in [0.1, 0.15) is 6.04 Å². The van der Waals surface area contributed by atoms with Crippen LogP contribution >= 0.6 is 0 Å². The van der Waals surface area contributed by atoms with Crippen LogP contribution in [0.25, 0.3) is 0 Å². The van der Waals surface area contributed by atoms with E-state index in [9.17, 15) is 9.59 Å². The Morgan fingerprint density at radius 2 is 2.12 bits per heavy atom. The molecule has 0 bridgehead atoms. The number of ether oxygens (including phenoxy) is 1. The molecule has 1 unspecified atom stereocenters. The van der Waals surface area contributed by atoms with Gasteiger partial charge in [0.05, 0.1) is 12.6 Å². The molecule has 92 valence electrons. The molecular formula is C10H18N2O4. The van der Waals surface area contributed by atoms with Crippen LogP contribution in [-0.2, 0) is 9.53 Å². The van der Waals surface area contributed by atoms with E-state index in [0.717, 1.165) is 6.42 Å². The lowest BCUT2D eigenvalue weighted by atomic mass is 10.1. The molecule has 2 atom stereocenters. The molecule has 6 nitrogen and oxygen atoms in total. The number of rotatable bonds is 4. The van der Waals surface area contributed by atoms with Gasteiger partial charge in [0.25, 0.3) is 0 Å². The molecule has 1 saturated heterocycles. The lowest BCUT2D eigenvalue weighted by Crippen LogP contribution is -2.51. The third-order valence-corrected chi connectivity index (χ3v) is 2.48. The first-order chi connectivity index (χ1) is 7.50. The van der Waals surface area contributed by atoms with Gasteiger partial charge in [0, 0.05) is 6.61 Å². The first-order valence-corrected chi connectivity index (χ1v) is 5.38. The molecule has 3 N–H and O–H groups in total. The highest BCUT2D eigenvalue weighted by Gasteiger charge is 2.25. The second-order valence-corrected chi connectivity index (χ2v) is 4.24. The number of urea groups is 1. The number of hydrogen-bond donors (Lipinski definition) is 3. The summed E-state index contributed by atoms with van der Waals surface area (Å²) in [7, 11) is 0. The SMILES string of the molecule is CC(C)[C@@H](NC(=O)NC1CCOC1)C(=O)O.